The van der Waals surface area contributed by atoms with Gasteiger partial charge in [0.05, 0.1) is 20.3 Å². The molecule has 0 radical (unpaired) electrons. The number of ether oxygens (including phenoxy) is 5. The van der Waals surface area contributed by atoms with Gasteiger partial charge < -0.3 is 34.1 Å². The van der Waals surface area contributed by atoms with E-state index < -0.39 is 42.0 Å². The number of carbonyl (C=O) groups excluding carboxylic acids is 2. The SMILES string of the molecule is CCCCO[C@H]1COC[C@H](NC(=O)c2nccc(OC)c2O)C(=O)O[C@@H](C)[C@@H]1OCCC. The first-order chi connectivity index (χ1) is 15.4. The van der Waals surface area contributed by atoms with E-state index in [1.807, 2.05) is 6.92 Å². The van der Waals surface area contributed by atoms with Crippen LogP contribution in [-0.2, 0) is 23.7 Å². The Morgan fingerprint density at radius 1 is 1.25 bits per heavy atom. The zero-order valence-corrected chi connectivity index (χ0v) is 19.2. The fourth-order valence-electron chi connectivity index (χ4n) is 3.21. The van der Waals surface area contributed by atoms with Gasteiger partial charge in [-0.2, -0.15) is 0 Å². The van der Waals surface area contributed by atoms with Gasteiger partial charge in [-0.1, -0.05) is 20.3 Å². The van der Waals surface area contributed by atoms with Crippen molar-refractivity contribution in [3.63, 3.8) is 0 Å². The summed E-state index contributed by atoms with van der Waals surface area (Å²) in [6.07, 6.45) is 2.45. The molecule has 1 aliphatic rings. The predicted octanol–water partition coefficient (Wildman–Crippen LogP) is 1.84. The maximum atomic E-state index is 12.8. The molecule has 0 bridgehead atoms. The van der Waals surface area contributed by atoms with Crippen molar-refractivity contribution in [2.24, 2.45) is 0 Å². The van der Waals surface area contributed by atoms with Crippen molar-refractivity contribution >= 4 is 11.9 Å². The van der Waals surface area contributed by atoms with Crippen molar-refractivity contribution in [3.8, 4) is 11.5 Å². The average molecular weight is 455 g/mol. The molecule has 0 aromatic carbocycles. The summed E-state index contributed by atoms with van der Waals surface area (Å²) in [4.78, 5) is 29.3. The Labute approximate surface area is 188 Å². The molecule has 0 aliphatic carbocycles. The van der Waals surface area contributed by atoms with Gasteiger partial charge in [0, 0.05) is 25.5 Å². The largest absolute Gasteiger partial charge is 0.503 e. The van der Waals surface area contributed by atoms with Crippen LogP contribution in [0.3, 0.4) is 0 Å². The van der Waals surface area contributed by atoms with Gasteiger partial charge >= 0.3 is 5.97 Å². The number of hydrogen-bond acceptors (Lipinski definition) is 9. The first kappa shape index (κ1) is 25.8. The summed E-state index contributed by atoms with van der Waals surface area (Å²) >= 11 is 0. The Morgan fingerprint density at radius 2 is 2.03 bits per heavy atom. The lowest BCUT2D eigenvalue weighted by molar-refractivity contribution is -0.167. The van der Waals surface area contributed by atoms with Crippen LogP contribution < -0.4 is 10.1 Å². The number of nitrogens with one attached hydrogen (secondary N) is 1. The van der Waals surface area contributed by atoms with Gasteiger partial charge in [0.1, 0.15) is 18.3 Å². The molecule has 1 saturated heterocycles. The Balaban J connectivity index is 2.14. The highest BCUT2D eigenvalue weighted by molar-refractivity contribution is 5.98. The number of methoxy groups -OCH3 is 1. The Kier molecular flexibility index (Phi) is 10.6. The first-order valence-electron chi connectivity index (χ1n) is 11.0. The van der Waals surface area contributed by atoms with E-state index >= 15 is 0 Å². The number of amides is 1. The molecule has 32 heavy (non-hydrogen) atoms. The fourth-order valence-corrected chi connectivity index (χ4v) is 3.21. The highest BCUT2D eigenvalue weighted by Gasteiger charge is 2.36. The molecule has 0 unspecified atom stereocenters. The molecule has 1 aromatic heterocycles. The van der Waals surface area contributed by atoms with Crippen LogP contribution in [0.25, 0.3) is 0 Å². The molecule has 10 nitrogen and oxygen atoms in total. The Hall–Kier alpha value is -2.43. The molecule has 1 aliphatic heterocycles. The molecule has 1 amide bonds. The fraction of sp³-hybridized carbons (Fsp3) is 0.682. The molecule has 1 aromatic rings. The van der Waals surface area contributed by atoms with Crippen molar-refractivity contribution in [1.29, 1.82) is 0 Å². The molecule has 2 N–H and O–H groups in total. The van der Waals surface area contributed by atoms with Crippen molar-refractivity contribution in [1.82, 2.24) is 10.3 Å². The number of aromatic hydroxyl groups is 1. The van der Waals surface area contributed by atoms with Gasteiger partial charge in [0.15, 0.2) is 23.2 Å². The lowest BCUT2D eigenvalue weighted by Gasteiger charge is -2.30. The normalized spacial score (nSPS) is 24.1. The Morgan fingerprint density at radius 3 is 2.72 bits per heavy atom. The lowest BCUT2D eigenvalue weighted by atomic mass is 10.1. The van der Waals surface area contributed by atoms with E-state index in [0.29, 0.717) is 13.2 Å². The van der Waals surface area contributed by atoms with Gasteiger partial charge in [0.25, 0.3) is 5.91 Å². The number of cyclic esters (lactones) is 1. The summed E-state index contributed by atoms with van der Waals surface area (Å²) in [6, 6.07) is 0.318. The van der Waals surface area contributed by atoms with E-state index in [0.717, 1.165) is 19.3 Å². The third-order valence-electron chi connectivity index (χ3n) is 4.95. The summed E-state index contributed by atoms with van der Waals surface area (Å²) in [5.41, 5.74) is -0.269. The number of nitrogens with zero attached hydrogens (tertiary/aromatic N) is 1. The molecule has 2 rings (SSSR count). The van der Waals surface area contributed by atoms with Crippen molar-refractivity contribution in [2.75, 3.05) is 33.5 Å². The van der Waals surface area contributed by atoms with Gasteiger partial charge in [-0.25, -0.2) is 9.78 Å². The minimum Gasteiger partial charge on any atom is -0.503 e. The molecular weight excluding hydrogens is 420 g/mol. The van der Waals surface area contributed by atoms with E-state index in [4.69, 9.17) is 23.7 Å². The van der Waals surface area contributed by atoms with Crippen LogP contribution in [0.2, 0.25) is 0 Å². The van der Waals surface area contributed by atoms with Crippen LogP contribution in [0.1, 0.15) is 50.5 Å². The molecule has 1 fully saturated rings. The van der Waals surface area contributed by atoms with Crippen molar-refractivity contribution in [2.45, 2.75) is 64.4 Å². The molecular formula is C22H34N2O8. The molecule has 10 heteroatoms. The van der Waals surface area contributed by atoms with Gasteiger partial charge in [-0.05, 0) is 19.8 Å². The first-order valence-corrected chi connectivity index (χ1v) is 11.0. The smallest absolute Gasteiger partial charge is 0.331 e. The lowest BCUT2D eigenvalue weighted by Crippen LogP contribution is -2.47. The van der Waals surface area contributed by atoms with Crippen LogP contribution in [0.4, 0.5) is 0 Å². The maximum Gasteiger partial charge on any atom is 0.331 e. The molecule has 0 saturated carbocycles. The molecule has 180 valence electrons. The average Bonchev–Trinajstić information content (AvgIpc) is 2.82. The molecule has 0 spiro atoms. The van der Waals surface area contributed by atoms with Crippen molar-refractivity contribution < 1.29 is 38.4 Å². The number of hydrogen-bond donors (Lipinski definition) is 2. The number of pyridine rings is 1. The monoisotopic (exact) mass is 454 g/mol. The number of aromatic nitrogens is 1. The second-order valence-corrected chi connectivity index (χ2v) is 7.51. The molecule has 2 heterocycles. The highest BCUT2D eigenvalue weighted by Crippen LogP contribution is 2.27. The number of rotatable bonds is 10. The van der Waals surface area contributed by atoms with Crippen LogP contribution in [0.15, 0.2) is 12.3 Å². The number of carbonyl (C=O) groups is 2. The van der Waals surface area contributed by atoms with Crippen LogP contribution in [0, 0.1) is 0 Å². The van der Waals surface area contributed by atoms with Gasteiger partial charge in [0.2, 0.25) is 0 Å². The summed E-state index contributed by atoms with van der Waals surface area (Å²) in [5.74, 6) is -1.76. The zero-order valence-electron chi connectivity index (χ0n) is 19.2. The van der Waals surface area contributed by atoms with Crippen molar-refractivity contribution in [3.05, 3.63) is 18.0 Å². The number of unbranched alkanes of at least 4 members (excludes halogenated alkanes) is 1. The third-order valence-corrected chi connectivity index (χ3v) is 4.95. The summed E-state index contributed by atoms with van der Waals surface area (Å²) in [6.45, 7) is 6.86. The van der Waals surface area contributed by atoms with E-state index in [-0.39, 0.29) is 24.7 Å². The van der Waals surface area contributed by atoms with Crippen LogP contribution >= 0.6 is 0 Å². The molecule has 4 atom stereocenters. The number of esters is 1. The minimum absolute atomic E-state index is 0.0926. The van der Waals surface area contributed by atoms with E-state index in [1.54, 1.807) is 6.92 Å². The third kappa shape index (κ3) is 7.04. The second kappa shape index (κ2) is 13.2. The minimum atomic E-state index is -1.10. The second-order valence-electron chi connectivity index (χ2n) is 7.51. The van der Waals surface area contributed by atoms with Gasteiger partial charge in [-0.3, -0.25) is 4.79 Å². The highest BCUT2D eigenvalue weighted by atomic mass is 16.6. The Bertz CT molecular complexity index is 745. The topological polar surface area (TPSA) is 125 Å². The van der Waals surface area contributed by atoms with Gasteiger partial charge in [-0.15, -0.1) is 0 Å². The van der Waals surface area contributed by atoms with E-state index in [9.17, 15) is 14.7 Å². The summed E-state index contributed by atoms with van der Waals surface area (Å²) in [7, 11) is 1.36. The quantitative estimate of drug-likeness (QED) is 0.402. The summed E-state index contributed by atoms with van der Waals surface area (Å²) < 4.78 is 28.2. The summed E-state index contributed by atoms with van der Waals surface area (Å²) in [5, 5.41) is 12.7. The van der Waals surface area contributed by atoms with E-state index in [2.05, 4.69) is 17.2 Å². The predicted molar refractivity (Wildman–Crippen MR) is 115 cm³/mol. The van der Waals surface area contributed by atoms with E-state index in [1.165, 1.54) is 19.4 Å². The zero-order chi connectivity index (χ0) is 23.5. The van der Waals surface area contributed by atoms with Crippen LogP contribution in [-0.4, -0.2) is 79.9 Å². The standard InChI is InChI=1S/C22H34N2O8/c1-5-7-11-30-17-13-29-12-15(22(27)32-14(3)20(17)31-10-6-2)24-21(26)18-19(25)16(28-4)8-9-23-18/h8-9,14-15,17,20,25H,5-7,10-13H2,1-4H3,(H,24,26)/t14-,15-,17-,20-/m0/s1. The maximum absolute atomic E-state index is 12.8. The van der Waals surface area contributed by atoms with Crippen LogP contribution in [0.5, 0.6) is 11.5 Å².